The first-order valence-corrected chi connectivity index (χ1v) is 18.7. The van der Waals surface area contributed by atoms with Crippen molar-refractivity contribution in [2.24, 2.45) is 40.9 Å². The highest BCUT2D eigenvalue weighted by molar-refractivity contribution is 5.97. The molecule has 2 aliphatic carbocycles. The van der Waals surface area contributed by atoms with Crippen LogP contribution in [0.25, 0.3) is 0 Å². The number of methoxy groups -OCH3 is 1. The predicted molar refractivity (Wildman–Crippen MR) is 189 cm³/mol. The minimum absolute atomic E-state index is 0.0275. The summed E-state index contributed by atoms with van der Waals surface area (Å²) in [5, 5.41) is 24.0. The smallest absolute Gasteiger partial charge is 0.313 e. The Morgan fingerprint density at radius 3 is 2.35 bits per heavy atom. The number of ketones is 3. The van der Waals surface area contributed by atoms with Gasteiger partial charge in [-0.25, -0.2) is 0 Å². The first-order chi connectivity index (χ1) is 22.9. The molecule has 0 aromatic carbocycles. The fourth-order valence-electron chi connectivity index (χ4n) is 9.27. The molecule has 49 heavy (non-hydrogen) atoms. The molecule has 2 aliphatic heterocycles. The minimum Gasteiger partial charge on any atom is -0.469 e. The number of carbonyl (C=O) groups excluding carboxylic acids is 4. The topological polar surface area (TPSA) is 127 Å². The number of allylic oxidation sites excluding steroid dienone is 3. The fraction of sp³-hybridized carbons (Fsp3) is 0.756. The Balaban J connectivity index is 1.97. The first kappa shape index (κ1) is 39.4. The Morgan fingerprint density at radius 2 is 1.69 bits per heavy atom. The summed E-state index contributed by atoms with van der Waals surface area (Å²) in [6.45, 7) is 17.6. The van der Waals surface area contributed by atoms with E-state index >= 15 is 0 Å². The average molecular weight is 683 g/mol. The van der Waals surface area contributed by atoms with Crippen LogP contribution in [-0.2, 0) is 28.7 Å². The highest BCUT2D eigenvalue weighted by atomic mass is 16.5. The number of fused-ring (bicyclic) bond motifs is 5. The van der Waals surface area contributed by atoms with Gasteiger partial charge >= 0.3 is 5.97 Å². The van der Waals surface area contributed by atoms with Crippen molar-refractivity contribution in [1.82, 2.24) is 0 Å². The molecule has 4 aliphatic rings. The molecule has 0 amide bonds. The van der Waals surface area contributed by atoms with Crippen LogP contribution in [0.5, 0.6) is 0 Å². The Labute approximate surface area is 294 Å². The van der Waals surface area contributed by atoms with E-state index in [-0.39, 0.29) is 73.3 Å². The molecule has 2 fully saturated rings. The second-order valence-corrected chi connectivity index (χ2v) is 16.7. The number of aliphatic hydroxyl groups excluding tert-OH is 1. The zero-order valence-corrected chi connectivity index (χ0v) is 31.3. The number of carbonyl (C=O) groups is 4. The van der Waals surface area contributed by atoms with Gasteiger partial charge in [0.15, 0.2) is 0 Å². The summed E-state index contributed by atoms with van der Waals surface area (Å²) in [6.07, 6.45) is 5.01. The molecule has 1 saturated heterocycles. The number of hydrogen-bond acceptors (Lipinski definition) is 8. The number of esters is 1. The third-order valence-electron chi connectivity index (χ3n) is 12.4. The van der Waals surface area contributed by atoms with Gasteiger partial charge in [0.25, 0.3) is 0 Å². The van der Waals surface area contributed by atoms with Crippen molar-refractivity contribution in [2.45, 2.75) is 149 Å². The molecule has 8 nitrogen and oxygen atoms in total. The van der Waals surface area contributed by atoms with Crippen LogP contribution in [0.1, 0.15) is 126 Å². The van der Waals surface area contributed by atoms with Crippen LogP contribution in [-0.4, -0.2) is 64.6 Å². The quantitative estimate of drug-likeness (QED) is 0.234. The van der Waals surface area contributed by atoms with E-state index in [2.05, 4.69) is 6.58 Å². The molecule has 8 heteroatoms. The van der Waals surface area contributed by atoms with Gasteiger partial charge in [0, 0.05) is 49.4 Å². The van der Waals surface area contributed by atoms with Crippen molar-refractivity contribution >= 4 is 23.3 Å². The normalized spacial score (nSPS) is 40.3. The summed E-state index contributed by atoms with van der Waals surface area (Å²) < 4.78 is 12.0. The van der Waals surface area contributed by atoms with E-state index in [0.717, 1.165) is 36.0 Å². The van der Waals surface area contributed by atoms with Gasteiger partial charge in [0.1, 0.15) is 17.3 Å². The number of rotatable bonds is 2. The Hall–Kier alpha value is -2.42. The molecule has 2 bridgehead atoms. The van der Waals surface area contributed by atoms with E-state index in [1.165, 1.54) is 7.11 Å². The molecule has 0 aromatic heterocycles. The zero-order chi connectivity index (χ0) is 36.4. The molecule has 1 saturated carbocycles. The molecule has 4 rings (SSSR count). The third kappa shape index (κ3) is 8.39. The maximum absolute atomic E-state index is 14.7. The lowest BCUT2D eigenvalue weighted by Gasteiger charge is -2.50. The van der Waals surface area contributed by atoms with Gasteiger partial charge in [-0.3, -0.25) is 19.2 Å². The Kier molecular flexibility index (Phi) is 12.7. The van der Waals surface area contributed by atoms with E-state index in [1.807, 2.05) is 47.6 Å². The fourth-order valence-corrected chi connectivity index (χ4v) is 9.27. The molecule has 274 valence electrons. The SMILES string of the molecule is C=C1CC[C@H]2O[C@H]1CC/C(C)=C/[C@H]1C(=C(C)C[C@@H]3C(=O)C[C@@H](C)CCC[C@@H](C)C(=O)C[C@@H](C(C)C)C(=O)C[C@@]31C(=O)OC)[C@H](O)C[C@]2(C)O. The molecule has 0 unspecified atom stereocenters. The van der Waals surface area contributed by atoms with Gasteiger partial charge < -0.3 is 19.7 Å². The molecule has 2 heterocycles. The summed E-state index contributed by atoms with van der Waals surface area (Å²) >= 11 is 0. The third-order valence-corrected chi connectivity index (χ3v) is 12.4. The highest BCUT2D eigenvalue weighted by Gasteiger charge is 2.60. The van der Waals surface area contributed by atoms with E-state index in [9.17, 15) is 29.4 Å². The van der Waals surface area contributed by atoms with Gasteiger partial charge in [-0.15, -0.1) is 0 Å². The highest BCUT2D eigenvalue weighted by Crippen LogP contribution is 2.56. The second-order valence-electron chi connectivity index (χ2n) is 16.7. The van der Waals surface area contributed by atoms with Gasteiger partial charge in [0.05, 0.1) is 36.4 Å². The molecule has 10 atom stereocenters. The molecular weight excluding hydrogens is 620 g/mol. The Bertz CT molecular complexity index is 1350. The minimum atomic E-state index is -1.64. The van der Waals surface area contributed by atoms with Crippen LogP contribution in [0, 0.1) is 40.9 Å². The van der Waals surface area contributed by atoms with Gasteiger partial charge in [-0.2, -0.15) is 0 Å². The summed E-state index contributed by atoms with van der Waals surface area (Å²) in [5.74, 6) is -3.59. The van der Waals surface area contributed by atoms with Crippen LogP contribution < -0.4 is 0 Å². The summed E-state index contributed by atoms with van der Waals surface area (Å²) in [4.78, 5) is 57.3. The molecular formula is C41H62O8. The largest absolute Gasteiger partial charge is 0.469 e. The van der Waals surface area contributed by atoms with Gasteiger partial charge in [-0.05, 0) is 82.3 Å². The molecule has 0 spiro atoms. The number of ether oxygens (including phenoxy) is 2. The van der Waals surface area contributed by atoms with E-state index in [0.29, 0.717) is 31.3 Å². The maximum atomic E-state index is 14.7. The van der Waals surface area contributed by atoms with Crippen LogP contribution in [0.2, 0.25) is 0 Å². The lowest BCUT2D eigenvalue weighted by Crippen LogP contribution is -2.55. The van der Waals surface area contributed by atoms with Crippen LogP contribution in [0.3, 0.4) is 0 Å². The monoisotopic (exact) mass is 682 g/mol. The van der Waals surface area contributed by atoms with Gasteiger partial charge in [-0.1, -0.05) is 64.3 Å². The Morgan fingerprint density at radius 1 is 1.00 bits per heavy atom. The molecule has 0 aromatic rings. The van der Waals surface area contributed by atoms with Crippen molar-refractivity contribution < 1.29 is 38.9 Å². The predicted octanol–water partition coefficient (Wildman–Crippen LogP) is 7.05. The summed E-state index contributed by atoms with van der Waals surface area (Å²) in [7, 11) is 1.30. The maximum Gasteiger partial charge on any atom is 0.313 e. The van der Waals surface area contributed by atoms with Crippen molar-refractivity contribution in [3.63, 3.8) is 0 Å². The zero-order valence-electron chi connectivity index (χ0n) is 31.3. The molecule has 2 N–H and O–H groups in total. The van der Waals surface area contributed by atoms with Crippen molar-refractivity contribution in [3.05, 3.63) is 34.9 Å². The molecule has 0 radical (unpaired) electrons. The summed E-state index contributed by atoms with van der Waals surface area (Å²) in [5.41, 5.74) is 0.213. The van der Waals surface area contributed by atoms with Crippen LogP contribution in [0.15, 0.2) is 34.9 Å². The number of Topliss-reactive ketones (excluding diaryl/α,β-unsaturated/α-hetero) is 3. The number of aliphatic hydroxyl groups is 2. The van der Waals surface area contributed by atoms with E-state index in [4.69, 9.17) is 9.47 Å². The van der Waals surface area contributed by atoms with Crippen molar-refractivity contribution in [3.8, 4) is 0 Å². The van der Waals surface area contributed by atoms with Crippen LogP contribution in [0.4, 0.5) is 0 Å². The number of hydrogen-bond donors (Lipinski definition) is 2. The summed E-state index contributed by atoms with van der Waals surface area (Å²) in [6, 6.07) is 0. The van der Waals surface area contributed by atoms with E-state index < -0.39 is 46.9 Å². The van der Waals surface area contributed by atoms with Gasteiger partial charge in [0.2, 0.25) is 0 Å². The lowest BCUT2D eigenvalue weighted by atomic mass is 9.52. The lowest BCUT2D eigenvalue weighted by molar-refractivity contribution is -0.167. The average Bonchev–Trinajstić information content (AvgIpc) is 3.02. The van der Waals surface area contributed by atoms with Crippen molar-refractivity contribution in [1.29, 1.82) is 0 Å². The van der Waals surface area contributed by atoms with Crippen molar-refractivity contribution in [2.75, 3.05) is 7.11 Å². The van der Waals surface area contributed by atoms with E-state index in [1.54, 1.807) is 6.92 Å². The van der Waals surface area contributed by atoms with Crippen LogP contribution >= 0.6 is 0 Å². The first-order valence-electron chi connectivity index (χ1n) is 18.7. The standard InChI is InChI=1S/C41H62O8/c1-23(2)29-20-32(42)26(5)12-10-11-24(3)18-33(43)30-19-28(7)38-31(41(30,22-34(29)44)39(46)48-9)17-25(4)13-15-36-27(6)14-16-37(49-36)40(8,47)21-35(38)45/h17,23-24,26,29-31,35-37,45,47H,6,10-16,18-22H2,1-5,7-9H3/b25-17+/t24-,26+,29-,30+,31-,35+,36-,37+,40-,41+/m0/s1. The second kappa shape index (κ2) is 15.9.